The Morgan fingerprint density at radius 1 is 0.818 bits per heavy atom. The van der Waals surface area contributed by atoms with Crippen LogP contribution in [0.4, 0.5) is 11.4 Å². The maximum Gasteiger partial charge on any atom is 0.320 e. The van der Waals surface area contributed by atoms with Gasteiger partial charge in [0.2, 0.25) is 0 Å². The van der Waals surface area contributed by atoms with Gasteiger partial charge in [0.25, 0.3) is 11.6 Å². The molecule has 0 aliphatic heterocycles. The molecule has 5 aromatic rings. The molecule has 0 aliphatic rings. The molecule has 33 heavy (non-hydrogen) atoms. The number of hydrogen-bond acceptors (Lipinski definition) is 4. The van der Waals surface area contributed by atoms with Crippen molar-refractivity contribution in [2.24, 2.45) is 0 Å². The molecule has 0 spiro atoms. The van der Waals surface area contributed by atoms with E-state index in [0.29, 0.717) is 28.6 Å². The van der Waals surface area contributed by atoms with Crippen molar-refractivity contribution in [2.45, 2.75) is 0 Å². The van der Waals surface area contributed by atoms with Gasteiger partial charge in [0.05, 0.1) is 11.0 Å². The standard InChI is InChI=1S/C25H18N6O2/c32-24(20-5-1-3-13-26-20)28-17-9-7-16(8-10-17)23-30-19-12-11-18(15-22(19)31-23)29-25(33)21-6-2-4-14-27-21/h1-15H,(H,28,32)(H,29,33)(H,30,31)/p+1. The van der Waals surface area contributed by atoms with E-state index in [1.165, 1.54) is 0 Å². The minimum absolute atomic E-state index is 0.224. The number of nitrogens with zero attached hydrogens (tertiary/aromatic N) is 2. The lowest BCUT2D eigenvalue weighted by molar-refractivity contribution is -0.381. The highest BCUT2D eigenvalue weighted by Gasteiger charge is 2.13. The summed E-state index contributed by atoms with van der Waals surface area (Å²) in [7, 11) is 0. The number of carbonyl (C=O) groups is 2. The highest BCUT2D eigenvalue weighted by Crippen LogP contribution is 2.24. The number of anilines is 2. The number of hydrogen-bond donors (Lipinski definition) is 3. The highest BCUT2D eigenvalue weighted by atomic mass is 16.2. The number of nitrogens with one attached hydrogen (secondary N) is 4. The van der Waals surface area contributed by atoms with E-state index in [4.69, 9.17) is 0 Å². The number of benzene rings is 2. The molecule has 0 bridgehead atoms. The van der Waals surface area contributed by atoms with Crippen LogP contribution in [-0.4, -0.2) is 26.8 Å². The molecule has 0 aliphatic carbocycles. The fourth-order valence-electron chi connectivity index (χ4n) is 3.36. The van der Waals surface area contributed by atoms with Crippen molar-refractivity contribution in [1.82, 2.24) is 15.0 Å². The molecule has 0 fully saturated rings. The molecule has 8 heteroatoms. The summed E-state index contributed by atoms with van der Waals surface area (Å²) in [6.45, 7) is 0. The van der Waals surface area contributed by atoms with Crippen LogP contribution < -0.4 is 15.6 Å². The Morgan fingerprint density at radius 3 is 2.36 bits per heavy atom. The first-order chi connectivity index (χ1) is 16.2. The van der Waals surface area contributed by atoms with Crippen LogP contribution in [0.15, 0.2) is 91.3 Å². The van der Waals surface area contributed by atoms with Gasteiger partial charge in [-0.1, -0.05) is 6.07 Å². The van der Waals surface area contributed by atoms with Crippen molar-refractivity contribution in [3.8, 4) is 11.4 Å². The van der Waals surface area contributed by atoms with E-state index in [0.717, 1.165) is 16.6 Å². The number of H-pyrrole nitrogens is 2. The molecule has 3 heterocycles. The van der Waals surface area contributed by atoms with E-state index < -0.39 is 0 Å². The summed E-state index contributed by atoms with van der Waals surface area (Å²) in [6.07, 6.45) is 3.28. The fraction of sp³-hybridized carbons (Fsp3) is 0. The number of amides is 2. The molecular weight excluding hydrogens is 416 g/mol. The monoisotopic (exact) mass is 435 g/mol. The van der Waals surface area contributed by atoms with Crippen LogP contribution in [0, 0.1) is 0 Å². The van der Waals surface area contributed by atoms with Gasteiger partial charge in [-0.2, -0.15) is 0 Å². The molecule has 0 saturated heterocycles. The lowest BCUT2D eigenvalue weighted by Gasteiger charge is -2.05. The quantitative estimate of drug-likeness (QED) is 0.388. The summed E-state index contributed by atoms with van der Waals surface area (Å²) in [4.78, 5) is 39.5. The van der Waals surface area contributed by atoms with E-state index in [1.54, 1.807) is 42.7 Å². The number of fused-ring (bicyclic) bond motifs is 1. The lowest BCUT2D eigenvalue weighted by atomic mass is 10.2. The van der Waals surface area contributed by atoms with Gasteiger partial charge in [-0.05, 0) is 60.7 Å². The Labute approximate surface area is 188 Å². The molecule has 4 N–H and O–H groups in total. The summed E-state index contributed by atoms with van der Waals surface area (Å²) in [6, 6.07) is 23.4. The lowest BCUT2D eigenvalue weighted by Crippen LogP contribution is -2.22. The van der Waals surface area contributed by atoms with E-state index in [2.05, 4.69) is 30.6 Å². The number of pyridine rings is 2. The van der Waals surface area contributed by atoms with Crippen molar-refractivity contribution in [3.63, 3.8) is 0 Å². The van der Waals surface area contributed by atoms with Gasteiger partial charge >= 0.3 is 5.91 Å². The van der Waals surface area contributed by atoms with Gasteiger partial charge in [0.15, 0.2) is 6.20 Å². The topological polar surface area (TPSA) is 114 Å². The minimum atomic E-state index is -0.269. The van der Waals surface area contributed by atoms with Gasteiger partial charge in [-0.15, -0.1) is 0 Å². The largest absolute Gasteiger partial charge is 0.338 e. The SMILES string of the molecule is O=C(Nc1ccc(-c2nc3ccc(NC(=O)c4cccc[nH+]4)cc3[nH]2)cc1)c1ccccn1. The average Bonchev–Trinajstić information content (AvgIpc) is 3.29. The molecule has 2 amide bonds. The molecule has 5 rings (SSSR count). The first-order valence-corrected chi connectivity index (χ1v) is 10.3. The predicted octanol–water partition coefficient (Wildman–Crippen LogP) is 3.94. The third-order valence-electron chi connectivity index (χ3n) is 5.01. The third-order valence-corrected chi connectivity index (χ3v) is 5.01. The molecule has 0 atom stereocenters. The second-order valence-electron chi connectivity index (χ2n) is 7.29. The number of carbonyl (C=O) groups excluding carboxylic acids is 2. The number of rotatable bonds is 5. The Balaban J connectivity index is 1.31. The molecule has 2 aromatic carbocycles. The van der Waals surface area contributed by atoms with E-state index in [9.17, 15) is 9.59 Å². The molecule has 0 saturated carbocycles. The van der Waals surface area contributed by atoms with Crippen molar-refractivity contribution in [1.29, 1.82) is 0 Å². The van der Waals surface area contributed by atoms with Gasteiger partial charge < -0.3 is 15.6 Å². The molecule has 8 nitrogen and oxygen atoms in total. The van der Waals surface area contributed by atoms with Crippen LogP contribution in [-0.2, 0) is 0 Å². The third kappa shape index (κ3) is 4.45. The van der Waals surface area contributed by atoms with E-state index in [-0.39, 0.29) is 11.8 Å². The summed E-state index contributed by atoms with van der Waals surface area (Å²) in [5.74, 6) is 0.195. The maximum atomic E-state index is 12.4. The van der Waals surface area contributed by atoms with Gasteiger partial charge in [-0.3, -0.25) is 14.6 Å². The van der Waals surface area contributed by atoms with Crippen LogP contribution in [0.25, 0.3) is 22.4 Å². The summed E-state index contributed by atoms with van der Waals surface area (Å²) >= 11 is 0. The number of aromatic amines is 2. The second kappa shape index (κ2) is 8.72. The molecule has 3 aromatic heterocycles. The zero-order valence-electron chi connectivity index (χ0n) is 17.4. The summed E-state index contributed by atoms with van der Waals surface area (Å²) in [5.41, 5.74) is 4.59. The highest BCUT2D eigenvalue weighted by molar-refractivity contribution is 6.03. The van der Waals surface area contributed by atoms with Crippen LogP contribution in [0.5, 0.6) is 0 Å². The molecule has 0 radical (unpaired) electrons. The van der Waals surface area contributed by atoms with Crippen molar-refractivity contribution in [3.05, 3.63) is 103 Å². The van der Waals surface area contributed by atoms with Crippen molar-refractivity contribution < 1.29 is 14.6 Å². The van der Waals surface area contributed by atoms with E-state index in [1.807, 2.05) is 48.5 Å². The van der Waals surface area contributed by atoms with Gasteiger partial charge in [0.1, 0.15) is 11.5 Å². The van der Waals surface area contributed by atoms with Crippen molar-refractivity contribution in [2.75, 3.05) is 10.6 Å². The first-order valence-electron chi connectivity index (χ1n) is 10.3. The summed E-state index contributed by atoms with van der Waals surface area (Å²) < 4.78 is 0. The Hall–Kier alpha value is -4.85. The average molecular weight is 435 g/mol. The van der Waals surface area contributed by atoms with Gasteiger partial charge in [0, 0.05) is 35.3 Å². The first kappa shape index (κ1) is 20.1. The number of aromatic nitrogens is 4. The minimum Gasteiger partial charge on any atom is -0.338 e. The number of imidazole rings is 1. The predicted molar refractivity (Wildman–Crippen MR) is 125 cm³/mol. The van der Waals surface area contributed by atoms with Crippen molar-refractivity contribution >= 4 is 34.2 Å². The smallest absolute Gasteiger partial charge is 0.320 e. The Kier molecular flexibility index (Phi) is 5.30. The van der Waals surface area contributed by atoms with Crippen LogP contribution in [0.2, 0.25) is 0 Å². The van der Waals surface area contributed by atoms with E-state index >= 15 is 0 Å². The molecule has 0 unspecified atom stereocenters. The fourth-order valence-corrected chi connectivity index (χ4v) is 3.36. The zero-order chi connectivity index (χ0) is 22.6. The maximum absolute atomic E-state index is 12.4. The zero-order valence-corrected chi connectivity index (χ0v) is 17.4. The molecular formula is C25H19N6O2+. The Bertz CT molecular complexity index is 1430. The van der Waals surface area contributed by atoms with Gasteiger partial charge in [-0.25, -0.2) is 9.97 Å². The van der Waals surface area contributed by atoms with Crippen LogP contribution in [0.1, 0.15) is 21.0 Å². The second-order valence-corrected chi connectivity index (χ2v) is 7.29. The normalized spacial score (nSPS) is 10.7. The molecule has 160 valence electrons. The summed E-state index contributed by atoms with van der Waals surface area (Å²) in [5, 5.41) is 5.70. The van der Waals surface area contributed by atoms with Crippen LogP contribution in [0.3, 0.4) is 0 Å². The van der Waals surface area contributed by atoms with Crippen LogP contribution >= 0.6 is 0 Å². The Morgan fingerprint density at radius 2 is 1.61 bits per heavy atom.